The topological polar surface area (TPSA) is 104 Å². The second kappa shape index (κ2) is 4.21. The summed E-state index contributed by atoms with van der Waals surface area (Å²) in [5, 5.41) is 10.9. The van der Waals surface area contributed by atoms with E-state index in [9.17, 15) is 9.59 Å². The summed E-state index contributed by atoms with van der Waals surface area (Å²) in [6.45, 7) is 5.16. The van der Waals surface area contributed by atoms with Gasteiger partial charge in [0.25, 0.3) is 0 Å². The molecule has 0 aliphatic heterocycles. The number of anilines is 1. The van der Waals surface area contributed by atoms with Crippen molar-refractivity contribution in [2.24, 2.45) is 0 Å². The Morgan fingerprint density at radius 3 is 2.56 bits per heavy atom. The second-order valence-electron chi connectivity index (χ2n) is 4.08. The van der Waals surface area contributed by atoms with Crippen LogP contribution in [0.3, 0.4) is 0 Å². The predicted octanol–water partition coefficient (Wildman–Crippen LogP) is 1.45. The number of imidazole rings is 1. The molecule has 1 amide bonds. The molecule has 0 aliphatic rings. The van der Waals surface area contributed by atoms with E-state index in [2.05, 4.69) is 15.3 Å². The number of nitrogens with one attached hydrogen (secondary N) is 2. The Kier molecular flexibility index (Phi) is 3.17. The summed E-state index contributed by atoms with van der Waals surface area (Å²) >= 11 is 0. The third-order valence-electron chi connectivity index (χ3n) is 1.43. The van der Waals surface area contributed by atoms with Gasteiger partial charge in [-0.05, 0) is 20.8 Å². The molecule has 7 heteroatoms. The lowest BCUT2D eigenvalue weighted by atomic mass is 10.2. The van der Waals surface area contributed by atoms with Crippen molar-refractivity contribution in [3.63, 3.8) is 0 Å². The summed E-state index contributed by atoms with van der Waals surface area (Å²) < 4.78 is 4.95. The van der Waals surface area contributed by atoms with Gasteiger partial charge in [-0.25, -0.2) is 14.6 Å². The van der Waals surface area contributed by atoms with Crippen molar-refractivity contribution < 1.29 is 19.4 Å². The maximum atomic E-state index is 11.3. The van der Waals surface area contributed by atoms with Crippen LogP contribution in [0.5, 0.6) is 0 Å². The van der Waals surface area contributed by atoms with Crippen molar-refractivity contribution in [1.82, 2.24) is 9.97 Å². The number of nitrogens with zero attached hydrogens (tertiary/aromatic N) is 1. The van der Waals surface area contributed by atoms with Crippen LogP contribution >= 0.6 is 0 Å². The van der Waals surface area contributed by atoms with E-state index < -0.39 is 17.7 Å². The van der Waals surface area contributed by atoms with Gasteiger partial charge in [-0.15, -0.1) is 0 Å². The summed E-state index contributed by atoms with van der Waals surface area (Å²) in [5.74, 6) is -1.11. The Balaban J connectivity index is 2.60. The number of ether oxygens (including phenoxy) is 1. The number of amides is 1. The van der Waals surface area contributed by atoms with Gasteiger partial charge in [0.2, 0.25) is 5.95 Å². The van der Waals surface area contributed by atoms with E-state index in [1.54, 1.807) is 20.8 Å². The maximum absolute atomic E-state index is 11.3. The summed E-state index contributed by atoms with van der Waals surface area (Å²) in [6, 6.07) is 0. The van der Waals surface area contributed by atoms with Gasteiger partial charge in [-0.3, -0.25) is 5.32 Å². The molecule has 1 rings (SSSR count). The smallest absolute Gasteiger partial charge is 0.414 e. The second-order valence-corrected chi connectivity index (χ2v) is 4.08. The fourth-order valence-electron chi connectivity index (χ4n) is 0.894. The number of aromatic nitrogens is 2. The summed E-state index contributed by atoms with van der Waals surface area (Å²) in [4.78, 5) is 27.8. The van der Waals surface area contributed by atoms with Gasteiger partial charge < -0.3 is 14.8 Å². The number of carboxylic acids is 1. The average molecular weight is 227 g/mol. The molecule has 0 atom stereocenters. The lowest BCUT2D eigenvalue weighted by Crippen LogP contribution is -2.27. The van der Waals surface area contributed by atoms with Gasteiger partial charge in [0.1, 0.15) is 11.3 Å². The molecule has 1 aromatic rings. The number of aromatic amines is 1. The Labute approximate surface area is 91.8 Å². The first-order valence-electron chi connectivity index (χ1n) is 4.56. The van der Waals surface area contributed by atoms with Crippen LogP contribution in [0, 0.1) is 0 Å². The SMILES string of the molecule is CC(C)(C)OC(=O)Nc1ncc(C(=O)O)[nH]1. The number of hydrogen-bond donors (Lipinski definition) is 3. The molecule has 0 bridgehead atoms. The van der Waals surface area contributed by atoms with Crippen molar-refractivity contribution in [1.29, 1.82) is 0 Å². The highest BCUT2D eigenvalue weighted by molar-refractivity contribution is 5.87. The molecule has 0 saturated heterocycles. The number of carbonyl (C=O) groups excluding carboxylic acids is 1. The Morgan fingerprint density at radius 1 is 1.50 bits per heavy atom. The maximum Gasteiger partial charge on any atom is 0.414 e. The monoisotopic (exact) mass is 227 g/mol. The van der Waals surface area contributed by atoms with Gasteiger partial charge in [-0.2, -0.15) is 0 Å². The van der Waals surface area contributed by atoms with Crippen molar-refractivity contribution in [3.05, 3.63) is 11.9 Å². The molecule has 1 aromatic heterocycles. The van der Waals surface area contributed by atoms with Gasteiger partial charge in [0, 0.05) is 0 Å². The first-order valence-corrected chi connectivity index (χ1v) is 4.56. The number of H-pyrrole nitrogens is 1. The van der Waals surface area contributed by atoms with E-state index >= 15 is 0 Å². The van der Waals surface area contributed by atoms with Crippen LogP contribution in [0.1, 0.15) is 31.3 Å². The van der Waals surface area contributed by atoms with Crippen LogP contribution in [-0.4, -0.2) is 32.7 Å². The number of aromatic carboxylic acids is 1. The van der Waals surface area contributed by atoms with Crippen LogP contribution < -0.4 is 5.32 Å². The van der Waals surface area contributed by atoms with E-state index in [0.717, 1.165) is 6.20 Å². The van der Waals surface area contributed by atoms with Gasteiger partial charge in [-0.1, -0.05) is 0 Å². The highest BCUT2D eigenvalue weighted by atomic mass is 16.6. The molecule has 0 aromatic carbocycles. The molecule has 0 fully saturated rings. The standard InChI is InChI=1S/C9H13N3O4/c1-9(2,3)16-8(15)12-7-10-4-5(11-7)6(13)14/h4H,1-3H3,(H,13,14)(H2,10,11,12,15). The fourth-order valence-corrected chi connectivity index (χ4v) is 0.894. The van der Waals surface area contributed by atoms with Gasteiger partial charge in [0.15, 0.2) is 0 Å². The largest absolute Gasteiger partial charge is 0.477 e. The van der Waals surface area contributed by atoms with Crippen LogP contribution in [-0.2, 0) is 4.74 Å². The highest BCUT2D eigenvalue weighted by Crippen LogP contribution is 2.09. The predicted molar refractivity (Wildman–Crippen MR) is 55.4 cm³/mol. The fraction of sp³-hybridized carbons (Fsp3) is 0.444. The molecule has 3 N–H and O–H groups in total. The third kappa shape index (κ3) is 3.60. The Bertz CT molecular complexity index is 405. The highest BCUT2D eigenvalue weighted by Gasteiger charge is 2.17. The van der Waals surface area contributed by atoms with Crippen LogP contribution in [0.4, 0.5) is 10.7 Å². The van der Waals surface area contributed by atoms with Crippen LogP contribution in [0.2, 0.25) is 0 Å². The van der Waals surface area contributed by atoms with E-state index in [1.165, 1.54) is 0 Å². The molecule has 1 heterocycles. The first kappa shape index (κ1) is 12.0. The quantitative estimate of drug-likeness (QED) is 0.709. The minimum absolute atomic E-state index is 0.0339. The van der Waals surface area contributed by atoms with E-state index in [0.29, 0.717) is 0 Å². The molecule has 0 saturated carbocycles. The minimum Gasteiger partial charge on any atom is -0.477 e. The zero-order chi connectivity index (χ0) is 12.3. The van der Waals surface area contributed by atoms with Gasteiger partial charge >= 0.3 is 12.1 Å². The summed E-state index contributed by atoms with van der Waals surface area (Å²) in [5.41, 5.74) is -0.724. The molecule has 7 nitrogen and oxygen atoms in total. The van der Waals surface area contributed by atoms with Crippen molar-refractivity contribution in [2.45, 2.75) is 26.4 Å². The number of hydrogen-bond acceptors (Lipinski definition) is 4. The molecular weight excluding hydrogens is 214 g/mol. The number of carbonyl (C=O) groups is 2. The molecule has 0 aliphatic carbocycles. The lowest BCUT2D eigenvalue weighted by molar-refractivity contribution is 0.0631. The molecule has 16 heavy (non-hydrogen) atoms. The van der Waals surface area contributed by atoms with Crippen molar-refractivity contribution in [2.75, 3.05) is 5.32 Å². The van der Waals surface area contributed by atoms with E-state index in [-0.39, 0.29) is 11.6 Å². The molecule has 88 valence electrons. The van der Waals surface area contributed by atoms with Crippen LogP contribution in [0.15, 0.2) is 6.20 Å². The van der Waals surface area contributed by atoms with Crippen molar-refractivity contribution >= 4 is 18.0 Å². The minimum atomic E-state index is -1.15. The normalized spacial score (nSPS) is 10.9. The van der Waals surface area contributed by atoms with E-state index in [1.807, 2.05) is 0 Å². The number of rotatable bonds is 2. The zero-order valence-electron chi connectivity index (χ0n) is 9.20. The van der Waals surface area contributed by atoms with Crippen molar-refractivity contribution in [3.8, 4) is 0 Å². The molecule has 0 spiro atoms. The summed E-state index contributed by atoms with van der Waals surface area (Å²) in [7, 11) is 0. The molecular formula is C9H13N3O4. The first-order chi connectivity index (χ1) is 7.28. The van der Waals surface area contributed by atoms with E-state index in [4.69, 9.17) is 9.84 Å². The molecule has 0 radical (unpaired) electrons. The Hall–Kier alpha value is -2.05. The van der Waals surface area contributed by atoms with Gasteiger partial charge in [0.05, 0.1) is 6.20 Å². The summed E-state index contributed by atoms with van der Waals surface area (Å²) in [6.07, 6.45) is 0.411. The zero-order valence-corrected chi connectivity index (χ0v) is 9.20. The lowest BCUT2D eigenvalue weighted by Gasteiger charge is -2.18. The average Bonchev–Trinajstić information content (AvgIpc) is 2.48. The Morgan fingerprint density at radius 2 is 2.12 bits per heavy atom. The number of carboxylic acid groups (broad SMARTS) is 1. The third-order valence-corrected chi connectivity index (χ3v) is 1.43. The molecule has 0 unspecified atom stereocenters. The van der Waals surface area contributed by atoms with Crippen LogP contribution in [0.25, 0.3) is 0 Å².